The van der Waals surface area contributed by atoms with Crippen molar-refractivity contribution < 1.29 is 56.5 Å². The van der Waals surface area contributed by atoms with Crippen molar-refractivity contribution >= 4 is 33.3 Å². The highest BCUT2D eigenvalue weighted by Gasteiger charge is 2.48. The van der Waals surface area contributed by atoms with Crippen molar-refractivity contribution in [1.29, 1.82) is 0 Å². The van der Waals surface area contributed by atoms with E-state index in [4.69, 9.17) is 23.6 Å². The number of benzene rings is 2. The van der Waals surface area contributed by atoms with Gasteiger partial charge in [-0.25, -0.2) is 14.2 Å². The number of carboxylic acid groups (broad SMARTS) is 1. The number of hydrogen-bond donors (Lipinski definition) is 5. The summed E-state index contributed by atoms with van der Waals surface area (Å²) >= 11 is 0. The molecule has 2 heterocycles. The molecule has 5 N–H and O–H groups in total. The summed E-state index contributed by atoms with van der Waals surface area (Å²) in [7, 11) is -4.77. The number of hydrogen-bond acceptors (Lipinski definition) is 10. The maximum Gasteiger partial charge on any atom is 0.335 e. The maximum atomic E-state index is 14.2. The Hall–Kier alpha value is -3.40. The van der Waals surface area contributed by atoms with Gasteiger partial charge in [0.2, 0.25) is 12.2 Å². The number of oxazole rings is 1. The molecule has 186 valence electrons. The lowest BCUT2D eigenvalue weighted by atomic mass is 9.99. The molecule has 1 aromatic heterocycles. The third kappa shape index (κ3) is 4.62. The van der Waals surface area contributed by atoms with Crippen LogP contribution < -0.4 is 4.74 Å². The molecule has 3 aromatic rings. The number of aliphatic hydroxyl groups is 3. The molecular formula is C21H18FNO11S. The molecule has 5 atom stereocenters. The zero-order valence-corrected chi connectivity index (χ0v) is 18.3. The maximum absolute atomic E-state index is 14.2. The van der Waals surface area contributed by atoms with Gasteiger partial charge in [0.15, 0.2) is 11.7 Å². The molecule has 4 rings (SSSR count). The number of fused-ring (bicyclic) bond motifs is 1. The van der Waals surface area contributed by atoms with E-state index >= 15 is 0 Å². The Morgan fingerprint density at radius 2 is 1.86 bits per heavy atom. The smallest absolute Gasteiger partial charge is 0.335 e. The SMILES string of the molecule is C=Cc1cc(OC2O[C@H](C(=O)O)[C@@H](O)[C@H](O)[C@H]2O)cc2nc(-c3ccc(S(=O)(=O)O)c(F)c3)oc12. The van der Waals surface area contributed by atoms with Crippen LogP contribution in [0.4, 0.5) is 4.39 Å². The lowest BCUT2D eigenvalue weighted by Crippen LogP contribution is -2.61. The summed E-state index contributed by atoms with van der Waals surface area (Å²) in [6, 6.07) is 5.53. The number of nitrogens with zero attached hydrogens (tertiary/aromatic N) is 1. The Bertz CT molecular complexity index is 1420. The molecule has 0 bridgehead atoms. The zero-order chi connectivity index (χ0) is 25.7. The number of aliphatic hydroxyl groups excluding tert-OH is 3. The summed E-state index contributed by atoms with van der Waals surface area (Å²) < 4.78 is 61.9. The molecule has 1 unspecified atom stereocenters. The van der Waals surface area contributed by atoms with E-state index in [-0.39, 0.29) is 28.3 Å². The van der Waals surface area contributed by atoms with Crippen molar-refractivity contribution in [3.05, 3.63) is 48.3 Å². The molecule has 0 radical (unpaired) electrons. The first-order valence-electron chi connectivity index (χ1n) is 9.84. The minimum Gasteiger partial charge on any atom is -0.479 e. The van der Waals surface area contributed by atoms with E-state index in [2.05, 4.69) is 11.6 Å². The highest BCUT2D eigenvalue weighted by molar-refractivity contribution is 7.85. The van der Waals surface area contributed by atoms with Crippen LogP contribution in [-0.2, 0) is 19.6 Å². The summed E-state index contributed by atoms with van der Waals surface area (Å²) in [5.41, 5.74) is 0.723. The summed E-state index contributed by atoms with van der Waals surface area (Å²) in [5, 5.41) is 39.1. The minimum atomic E-state index is -4.77. The van der Waals surface area contributed by atoms with Crippen molar-refractivity contribution in [1.82, 2.24) is 4.98 Å². The molecule has 2 aromatic carbocycles. The quantitative estimate of drug-likeness (QED) is 0.292. The Morgan fingerprint density at radius 1 is 1.14 bits per heavy atom. The molecule has 1 fully saturated rings. The van der Waals surface area contributed by atoms with Crippen LogP contribution in [0.3, 0.4) is 0 Å². The first kappa shape index (κ1) is 24.7. The fourth-order valence-electron chi connectivity index (χ4n) is 3.50. The second-order valence-corrected chi connectivity index (χ2v) is 8.95. The molecule has 1 saturated heterocycles. The highest BCUT2D eigenvalue weighted by Crippen LogP contribution is 2.33. The number of carbonyl (C=O) groups is 1. The van der Waals surface area contributed by atoms with Gasteiger partial charge >= 0.3 is 5.97 Å². The monoisotopic (exact) mass is 511 g/mol. The van der Waals surface area contributed by atoms with Crippen molar-refractivity contribution in [2.45, 2.75) is 35.6 Å². The van der Waals surface area contributed by atoms with Gasteiger partial charge in [0.25, 0.3) is 10.1 Å². The molecule has 35 heavy (non-hydrogen) atoms. The van der Waals surface area contributed by atoms with Gasteiger partial charge in [-0.3, -0.25) is 4.55 Å². The molecule has 12 nitrogen and oxygen atoms in total. The van der Waals surface area contributed by atoms with E-state index < -0.39 is 57.5 Å². The van der Waals surface area contributed by atoms with Crippen LogP contribution in [0, 0.1) is 5.82 Å². The lowest BCUT2D eigenvalue weighted by molar-refractivity contribution is -0.271. The normalized spacial score (nSPS) is 24.9. The van der Waals surface area contributed by atoms with E-state index in [0.29, 0.717) is 5.56 Å². The molecule has 0 spiro atoms. The molecule has 14 heteroatoms. The Balaban J connectivity index is 1.69. The molecule has 0 aliphatic carbocycles. The van der Waals surface area contributed by atoms with Crippen LogP contribution in [0.1, 0.15) is 5.56 Å². The Labute approximate surface area is 196 Å². The third-order valence-corrected chi connectivity index (χ3v) is 6.12. The second-order valence-electron chi connectivity index (χ2n) is 7.56. The van der Waals surface area contributed by atoms with Crippen LogP contribution in [0.25, 0.3) is 28.6 Å². The lowest BCUT2D eigenvalue weighted by Gasteiger charge is -2.38. The van der Waals surface area contributed by atoms with E-state index in [1.165, 1.54) is 24.3 Å². The van der Waals surface area contributed by atoms with Crippen molar-refractivity contribution in [2.24, 2.45) is 0 Å². The van der Waals surface area contributed by atoms with Gasteiger partial charge < -0.3 is 34.3 Å². The van der Waals surface area contributed by atoms with Crippen molar-refractivity contribution in [3.63, 3.8) is 0 Å². The highest BCUT2D eigenvalue weighted by atomic mass is 32.2. The molecule has 1 aliphatic rings. The molecular weight excluding hydrogens is 493 g/mol. The van der Waals surface area contributed by atoms with Crippen LogP contribution >= 0.6 is 0 Å². The van der Waals surface area contributed by atoms with E-state index in [0.717, 1.165) is 12.1 Å². The van der Waals surface area contributed by atoms with Crippen LogP contribution in [0.15, 0.2) is 46.2 Å². The van der Waals surface area contributed by atoms with Crippen LogP contribution in [0.2, 0.25) is 0 Å². The first-order chi connectivity index (χ1) is 16.4. The van der Waals surface area contributed by atoms with Gasteiger partial charge in [-0.15, -0.1) is 0 Å². The van der Waals surface area contributed by atoms with E-state index in [1.807, 2.05) is 0 Å². The first-order valence-corrected chi connectivity index (χ1v) is 11.3. The minimum absolute atomic E-state index is 0.00284. The number of aliphatic carboxylic acids is 1. The molecule has 0 saturated carbocycles. The zero-order valence-electron chi connectivity index (χ0n) is 17.5. The average molecular weight is 511 g/mol. The summed E-state index contributed by atoms with van der Waals surface area (Å²) in [4.78, 5) is 14.6. The number of halogens is 1. The largest absolute Gasteiger partial charge is 0.479 e. The van der Waals surface area contributed by atoms with Gasteiger partial charge in [-0.2, -0.15) is 8.42 Å². The average Bonchev–Trinajstić information content (AvgIpc) is 3.22. The van der Waals surface area contributed by atoms with Crippen molar-refractivity contribution in [3.8, 4) is 17.2 Å². The number of carboxylic acids is 1. The molecule has 0 amide bonds. The summed E-state index contributed by atoms with van der Waals surface area (Å²) in [5.74, 6) is -2.92. The van der Waals surface area contributed by atoms with Crippen molar-refractivity contribution in [2.75, 3.05) is 0 Å². The van der Waals surface area contributed by atoms with Gasteiger partial charge in [0, 0.05) is 17.2 Å². The van der Waals surface area contributed by atoms with E-state index in [1.54, 1.807) is 0 Å². The fourth-order valence-corrected chi connectivity index (χ4v) is 4.05. The Morgan fingerprint density at radius 3 is 2.46 bits per heavy atom. The van der Waals surface area contributed by atoms with Gasteiger partial charge in [0.05, 0.1) is 0 Å². The number of rotatable bonds is 6. The third-order valence-electron chi connectivity index (χ3n) is 5.23. The molecule has 1 aliphatic heterocycles. The van der Waals surface area contributed by atoms with Gasteiger partial charge in [-0.05, 0) is 24.3 Å². The Kier molecular flexibility index (Phi) is 6.35. The van der Waals surface area contributed by atoms with Gasteiger partial charge in [-0.1, -0.05) is 12.7 Å². The predicted octanol–water partition coefficient (Wildman–Crippen LogP) is 0.795. The van der Waals surface area contributed by atoms with Crippen LogP contribution in [0.5, 0.6) is 5.75 Å². The topological polar surface area (TPSA) is 197 Å². The summed E-state index contributed by atoms with van der Waals surface area (Å²) in [6.45, 7) is 3.65. The number of ether oxygens (including phenoxy) is 2. The van der Waals surface area contributed by atoms with Gasteiger partial charge in [0.1, 0.15) is 40.3 Å². The second kappa shape index (κ2) is 8.99. The number of aromatic nitrogens is 1. The summed E-state index contributed by atoms with van der Waals surface area (Å²) in [6.07, 6.45) is -7.71. The fraction of sp³-hybridized carbons (Fsp3) is 0.238. The van der Waals surface area contributed by atoms with Crippen LogP contribution in [-0.4, -0.2) is 75.1 Å². The standard InChI is InChI=1S/C21H18FNO11S/c1-2-8-5-10(32-21-16(26)14(24)15(25)18(34-21)20(27)28)7-12-17(8)33-19(23-12)9-3-4-13(11(22)6-9)35(29,30)31/h2-7,14-16,18,21,24-26H,1H2,(H,27,28)(H,29,30,31)/t14-,15-,16+,18-,21?/m0/s1. The predicted molar refractivity (Wildman–Crippen MR) is 114 cm³/mol. The van der Waals surface area contributed by atoms with E-state index in [9.17, 15) is 32.9 Å².